The SMILES string of the molecule is CC(N)Cc1ccc(N2CCC(C)C2)cc1Br. The van der Waals surface area contributed by atoms with Crippen LogP contribution in [0.4, 0.5) is 5.69 Å². The summed E-state index contributed by atoms with van der Waals surface area (Å²) < 4.78 is 1.19. The van der Waals surface area contributed by atoms with E-state index >= 15 is 0 Å². The molecular weight excluding hydrogens is 276 g/mol. The van der Waals surface area contributed by atoms with E-state index in [0.717, 1.165) is 12.3 Å². The zero-order valence-electron chi connectivity index (χ0n) is 10.6. The molecule has 0 spiro atoms. The van der Waals surface area contributed by atoms with Gasteiger partial charge in [-0.1, -0.05) is 28.9 Å². The van der Waals surface area contributed by atoms with Gasteiger partial charge in [-0.2, -0.15) is 0 Å². The van der Waals surface area contributed by atoms with E-state index in [4.69, 9.17) is 5.73 Å². The second-order valence-corrected chi connectivity index (χ2v) is 6.15. The van der Waals surface area contributed by atoms with E-state index in [2.05, 4.69) is 46.0 Å². The zero-order chi connectivity index (χ0) is 12.4. The average Bonchev–Trinajstić information content (AvgIpc) is 2.67. The first-order valence-corrected chi connectivity index (χ1v) is 7.14. The third kappa shape index (κ3) is 3.23. The molecule has 1 aromatic carbocycles. The van der Waals surface area contributed by atoms with E-state index < -0.39 is 0 Å². The fraction of sp³-hybridized carbons (Fsp3) is 0.571. The Labute approximate surface area is 112 Å². The first-order chi connectivity index (χ1) is 8.06. The molecule has 0 bridgehead atoms. The summed E-state index contributed by atoms with van der Waals surface area (Å²) in [5.41, 5.74) is 8.47. The number of halogens is 1. The minimum absolute atomic E-state index is 0.212. The lowest BCUT2D eigenvalue weighted by Gasteiger charge is -2.19. The van der Waals surface area contributed by atoms with Crippen LogP contribution in [-0.2, 0) is 6.42 Å². The van der Waals surface area contributed by atoms with E-state index in [0.29, 0.717) is 0 Å². The Hall–Kier alpha value is -0.540. The second-order valence-electron chi connectivity index (χ2n) is 5.30. The zero-order valence-corrected chi connectivity index (χ0v) is 12.2. The van der Waals surface area contributed by atoms with Crippen molar-refractivity contribution in [3.8, 4) is 0 Å². The lowest BCUT2D eigenvalue weighted by atomic mass is 10.1. The molecule has 1 saturated heterocycles. The van der Waals surface area contributed by atoms with Gasteiger partial charge in [-0.15, -0.1) is 0 Å². The highest BCUT2D eigenvalue weighted by Crippen LogP contribution is 2.28. The Kier molecular flexibility index (Phi) is 4.10. The number of rotatable bonds is 3. The lowest BCUT2D eigenvalue weighted by Crippen LogP contribution is -2.20. The largest absolute Gasteiger partial charge is 0.371 e. The summed E-state index contributed by atoms with van der Waals surface area (Å²) in [5, 5.41) is 0. The average molecular weight is 297 g/mol. The Morgan fingerprint density at radius 3 is 2.82 bits per heavy atom. The van der Waals surface area contributed by atoms with Crippen LogP contribution >= 0.6 is 15.9 Å². The highest BCUT2D eigenvalue weighted by molar-refractivity contribution is 9.10. The van der Waals surface area contributed by atoms with Crippen molar-refractivity contribution in [1.29, 1.82) is 0 Å². The summed E-state index contributed by atoms with van der Waals surface area (Å²) in [6, 6.07) is 6.87. The van der Waals surface area contributed by atoms with Crippen LogP contribution in [0.5, 0.6) is 0 Å². The highest BCUT2D eigenvalue weighted by Gasteiger charge is 2.19. The van der Waals surface area contributed by atoms with Crippen molar-refractivity contribution >= 4 is 21.6 Å². The van der Waals surface area contributed by atoms with Crippen molar-refractivity contribution in [3.63, 3.8) is 0 Å². The Morgan fingerprint density at radius 2 is 2.29 bits per heavy atom. The first kappa shape index (κ1) is 12.9. The molecule has 0 aliphatic carbocycles. The maximum Gasteiger partial charge on any atom is 0.0377 e. The third-order valence-electron chi connectivity index (χ3n) is 3.37. The van der Waals surface area contributed by atoms with Gasteiger partial charge in [0, 0.05) is 29.3 Å². The van der Waals surface area contributed by atoms with Crippen molar-refractivity contribution in [2.24, 2.45) is 11.7 Å². The van der Waals surface area contributed by atoms with Gasteiger partial charge in [0.15, 0.2) is 0 Å². The first-order valence-electron chi connectivity index (χ1n) is 6.35. The lowest BCUT2D eigenvalue weighted by molar-refractivity contribution is 0.659. The molecule has 1 aliphatic rings. The minimum atomic E-state index is 0.212. The number of nitrogens with two attached hydrogens (primary N) is 1. The maximum absolute atomic E-state index is 5.84. The molecule has 1 aliphatic heterocycles. The number of nitrogens with zero attached hydrogens (tertiary/aromatic N) is 1. The standard InChI is InChI=1S/C14H21BrN2/c1-10-5-6-17(9-10)13-4-3-12(7-11(2)16)14(15)8-13/h3-4,8,10-11H,5-7,9,16H2,1-2H3. The van der Waals surface area contributed by atoms with Gasteiger partial charge in [0.1, 0.15) is 0 Å². The van der Waals surface area contributed by atoms with Crippen LogP contribution < -0.4 is 10.6 Å². The summed E-state index contributed by atoms with van der Waals surface area (Å²) in [5.74, 6) is 0.817. The van der Waals surface area contributed by atoms with Crippen molar-refractivity contribution < 1.29 is 0 Å². The van der Waals surface area contributed by atoms with E-state index in [1.165, 1.54) is 35.2 Å². The Morgan fingerprint density at radius 1 is 1.53 bits per heavy atom. The minimum Gasteiger partial charge on any atom is -0.371 e. The molecule has 0 amide bonds. The smallest absolute Gasteiger partial charge is 0.0377 e. The summed E-state index contributed by atoms with van der Waals surface area (Å²) in [7, 11) is 0. The predicted octanol–water partition coefficient (Wildman–Crippen LogP) is 3.19. The normalized spacial score (nSPS) is 21.9. The van der Waals surface area contributed by atoms with Crippen LogP contribution in [0.15, 0.2) is 22.7 Å². The van der Waals surface area contributed by atoms with Crippen LogP contribution in [0.25, 0.3) is 0 Å². The molecule has 0 aromatic heterocycles. The van der Waals surface area contributed by atoms with Gasteiger partial charge in [0.05, 0.1) is 0 Å². The van der Waals surface area contributed by atoms with E-state index in [1.807, 2.05) is 6.92 Å². The van der Waals surface area contributed by atoms with E-state index in [9.17, 15) is 0 Å². The molecule has 1 heterocycles. The van der Waals surface area contributed by atoms with Gasteiger partial charge in [-0.25, -0.2) is 0 Å². The molecular formula is C14H21BrN2. The van der Waals surface area contributed by atoms with Crippen LogP contribution in [-0.4, -0.2) is 19.1 Å². The molecule has 2 nitrogen and oxygen atoms in total. The van der Waals surface area contributed by atoms with Crippen LogP contribution in [0.2, 0.25) is 0 Å². The van der Waals surface area contributed by atoms with Crippen molar-refractivity contribution in [2.45, 2.75) is 32.7 Å². The summed E-state index contributed by atoms with van der Waals surface area (Å²) >= 11 is 3.66. The van der Waals surface area contributed by atoms with Gasteiger partial charge in [-0.05, 0) is 43.4 Å². The van der Waals surface area contributed by atoms with Crippen LogP contribution in [0.1, 0.15) is 25.8 Å². The number of benzene rings is 1. The van der Waals surface area contributed by atoms with Crippen molar-refractivity contribution in [1.82, 2.24) is 0 Å². The van der Waals surface area contributed by atoms with Gasteiger partial charge in [0.2, 0.25) is 0 Å². The molecule has 2 unspecified atom stereocenters. The van der Waals surface area contributed by atoms with E-state index in [1.54, 1.807) is 0 Å². The second kappa shape index (κ2) is 5.40. The monoisotopic (exact) mass is 296 g/mol. The highest BCUT2D eigenvalue weighted by atomic mass is 79.9. The topological polar surface area (TPSA) is 29.3 Å². The van der Waals surface area contributed by atoms with Crippen LogP contribution in [0, 0.1) is 5.92 Å². The fourth-order valence-corrected chi connectivity index (χ4v) is 2.94. The summed E-state index contributed by atoms with van der Waals surface area (Å²) in [4.78, 5) is 2.46. The van der Waals surface area contributed by atoms with Crippen molar-refractivity contribution in [2.75, 3.05) is 18.0 Å². The Bertz CT molecular complexity index is 390. The fourth-order valence-electron chi connectivity index (χ4n) is 2.41. The predicted molar refractivity (Wildman–Crippen MR) is 77.5 cm³/mol. The maximum atomic E-state index is 5.84. The number of anilines is 1. The van der Waals surface area contributed by atoms with Gasteiger partial charge in [0.25, 0.3) is 0 Å². The van der Waals surface area contributed by atoms with Gasteiger partial charge < -0.3 is 10.6 Å². The molecule has 1 aromatic rings. The molecule has 2 rings (SSSR count). The summed E-state index contributed by atoms with van der Waals surface area (Å²) in [6.07, 6.45) is 2.23. The van der Waals surface area contributed by atoms with Crippen LogP contribution in [0.3, 0.4) is 0 Å². The molecule has 3 heteroatoms. The molecule has 0 radical (unpaired) electrons. The van der Waals surface area contributed by atoms with Crippen molar-refractivity contribution in [3.05, 3.63) is 28.2 Å². The molecule has 17 heavy (non-hydrogen) atoms. The van der Waals surface area contributed by atoms with Gasteiger partial charge >= 0.3 is 0 Å². The summed E-state index contributed by atoms with van der Waals surface area (Å²) in [6.45, 7) is 6.72. The Balaban J connectivity index is 2.13. The number of hydrogen-bond acceptors (Lipinski definition) is 2. The van der Waals surface area contributed by atoms with Gasteiger partial charge in [-0.3, -0.25) is 0 Å². The van der Waals surface area contributed by atoms with E-state index in [-0.39, 0.29) is 6.04 Å². The third-order valence-corrected chi connectivity index (χ3v) is 4.11. The quantitative estimate of drug-likeness (QED) is 0.928. The molecule has 94 valence electrons. The molecule has 2 atom stereocenters. The molecule has 1 fully saturated rings. The molecule has 0 saturated carbocycles. The molecule has 2 N–H and O–H groups in total. The number of hydrogen-bond donors (Lipinski definition) is 1.